The van der Waals surface area contributed by atoms with Crippen molar-refractivity contribution in [2.75, 3.05) is 24.6 Å². The van der Waals surface area contributed by atoms with Crippen LogP contribution < -0.4 is 17.0 Å². The molecule has 3 heterocycles. The fourth-order valence-electron chi connectivity index (χ4n) is 3.20. The van der Waals surface area contributed by atoms with Gasteiger partial charge in [0.25, 0.3) is 5.56 Å². The average molecular weight is 454 g/mol. The highest BCUT2D eigenvalue weighted by molar-refractivity contribution is 7.99. The van der Waals surface area contributed by atoms with E-state index in [4.69, 9.17) is 5.73 Å². The summed E-state index contributed by atoms with van der Waals surface area (Å²) in [6.07, 6.45) is 3.56. The highest BCUT2D eigenvalue weighted by Gasteiger charge is 2.27. The third-order valence-corrected chi connectivity index (χ3v) is 7.55. The molecule has 1 aliphatic heterocycles. The molecule has 12 heteroatoms. The monoisotopic (exact) mass is 453 g/mol. The number of ketones is 1. The van der Waals surface area contributed by atoms with Crippen molar-refractivity contribution in [2.45, 2.75) is 42.7 Å². The van der Waals surface area contributed by atoms with Crippen molar-refractivity contribution in [3.05, 3.63) is 44.7 Å². The molecule has 3 rings (SSSR count). The predicted molar refractivity (Wildman–Crippen MR) is 113 cm³/mol. The fraction of sp³-hybridized carbons (Fsp3) is 0.444. The van der Waals surface area contributed by atoms with Crippen LogP contribution in [0.1, 0.15) is 36.5 Å². The molecule has 0 bridgehead atoms. The van der Waals surface area contributed by atoms with E-state index in [2.05, 4.69) is 9.97 Å². The molecule has 0 radical (unpaired) electrons. The van der Waals surface area contributed by atoms with Crippen molar-refractivity contribution in [3.8, 4) is 0 Å². The molecule has 0 aromatic carbocycles. The number of Topliss-reactive ketones (excluding diaryl/α,β-unsaturated/α-hetero) is 1. The molecule has 0 unspecified atom stereocenters. The van der Waals surface area contributed by atoms with Crippen molar-refractivity contribution in [2.24, 2.45) is 0 Å². The number of thioether (sulfide) groups is 1. The number of pyridine rings is 1. The number of rotatable bonds is 8. The number of hydrogen-bond donors (Lipinski definition) is 2. The summed E-state index contributed by atoms with van der Waals surface area (Å²) < 4.78 is 27.7. The molecule has 0 spiro atoms. The molecule has 162 valence electrons. The van der Waals surface area contributed by atoms with Crippen LogP contribution in [0, 0.1) is 0 Å². The lowest BCUT2D eigenvalue weighted by atomic mass is 10.2. The minimum atomic E-state index is -3.56. The van der Waals surface area contributed by atoms with Crippen molar-refractivity contribution in [1.29, 1.82) is 0 Å². The Bertz CT molecular complexity index is 1150. The molecule has 0 saturated carbocycles. The quantitative estimate of drug-likeness (QED) is 0.438. The average Bonchev–Trinajstić information content (AvgIpc) is 3.25. The fourth-order valence-corrected chi connectivity index (χ4v) is 5.37. The first kappa shape index (κ1) is 22.2. The SMILES string of the molecule is CCCn1c(N)c(C(=O)CSc2ccc(S(=O)(=O)N3CCCC3)cn2)c(=O)[nH]c1=O. The molecule has 0 amide bonds. The summed E-state index contributed by atoms with van der Waals surface area (Å²) in [5.74, 6) is -0.835. The van der Waals surface area contributed by atoms with Crippen LogP contribution in [0.3, 0.4) is 0 Å². The Morgan fingerprint density at radius 2 is 1.97 bits per heavy atom. The molecule has 3 N–H and O–H groups in total. The number of sulfonamides is 1. The molecule has 0 aliphatic carbocycles. The Morgan fingerprint density at radius 3 is 2.57 bits per heavy atom. The van der Waals surface area contributed by atoms with Crippen molar-refractivity contribution >= 4 is 33.4 Å². The van der Waals surface area contributed by atoms with E-state index < -0.39 is 27.1 Å². The predicted octanol–water partition coefficient (Wildman–Crippen LogP) is 0.683. The van der Waals surface area contributed by atoms with Crippen LogP contribution >= 0.6 is 11.8 Å². The summed E-state index contributed by atoms with van der Waals surface area (Å²) in [5, 5.41) is 0.431. The van der Waals surface area contributed by atoms with Gasteiger partial charge in [-0.3, -0.25) is 19.1 Å². The zero-order chi connectivity index (χ0) is 21.9. The van der Waals surface area contributed by atoms with Gasteiger partial charge in [-0.15, -0.1) is 0 Å². The maximum atomic E-state index is 12.6. The zero-order valence-electron chi connectivity index (χ0n) is 16.5. The van der Waals surface area contributed by atoms with Crippen LogP contribution in [0.15, 0.2) is 37.8 Å². The number of carbonyl (C=O) groups is 1. The van der Waals surface area contributed by atoms with Crippen molar-refractivity contribution in [3.63, 3.8) is 0 Å². The number of nitrogen functional groups attached to an aromatic ring is 1. The lowest BCUT2D eigenvalue weighted by molar-refractivity contribution is 0.102. The number of carbonyl (C=O) groups excluding carboxylic acids is 1. The van der Waals surface area contributed by atoms with Gasteiger partial charge in [-0.05, 0) is 31.4 Å². The van der Waals surface area contributed by atoms with E-state index in [1.807, 2.05) is 6.92 Å². The van der Waals surface area contributed by atoms with E-state index in [1.165, 1.54) is 22.6 Å². The highest BCUT2D eigenvalue weighted by atomic mass is 32.2. The Kier molecular flexibility index (Phi) is 6.78. The van der Waals surface area contributed by atoms with Gasteiger partial charge in [0.05, 0.1) is 10.8 Å². The number of anilines is 1. The van der Waals surface area contributed by atoms with Crippen LogP contribution in [0.25, 0.3) is 0 Å². The first-order valence-corrected chi connectivity index (χ1v) is 11.9. The Morgan fingerprint density at radius 1 is 1.27 bits per heavy atom. The van der Waals surface area contributed by atoms with E-state index in [9.17, 15) is 22.8 Å². The molecule has 2 aromatic heterocycles. The first-order valence-electron chi connectivity index (χ1n) is 9.50. The number of aromatic amines is 1. The summed E-state index contributed by atoms with van der Waals surface area (Å²) in [7, 11) is -3.56. The molecule has 2 aromatic rings. The van der Waals surface area contributed by atoms with E-state index >= 15 is 0 Å². The molecule has 1 fully saturated rings. The number of hydrogen-bond acceptors (Lipinski definition) is 8. The largest absolute Gasteiger partial charge is 0.384 e. The maximum absolute atomic E-state index is 12.6. The third kappa shape index (κ3) is 4.50. The van der Waals surface area contributed by atoms with Gasteiger partial charge < -0.3 is 5.73 Å². The van der Waals surface area contributed by atoms with Gasteiger partial charge >= 0.3 is 5.69 Å². The van der Waals surface area contributed by atoms with E-state index in [-0.39, 0.29) is 28.6 Å². The van der Waals surface area contributed by atoms with Crippen molar-refractivity contribution < 1.29 is 13.2 Å². The second-order valence-corrected chi connectivity index (χ2v) is 9.76. The van der Waals surface area contributed by atoms with Gasteiger partial charge in [0.2, 0.25) is 10.0 Å². The molecular formula is C18H23N5O5S2. The zero-order valence-corrected chi connectivity index (χ0v) is 18.1. The van der Waals surface area contributed by atoms with Crippen LogP contribution in [0.2, 0.25) is 0 Å². The summed E-state index contributed by atoms with van der Waals surface area (Å²) in [4.78, 5) is 42.8. The van der Waals surface area contributed by atoms with Gasteiger partial charge in [0.1, 0.15) is 16.3 Å². The molecular weight excluding hydrogens is 430 g/mol. The number of nitrogens with one attached hydrogen (secondary N) is 1. The summed E-state index contributed by atoms with van der Waals surface area (Å²) in [5.41, 5.74) is 4.16. The first-order chi connectivity index (χ1) is 14.3. The summed E-state index contributed by atoms with van der Waals surface area (Å²) in [6, 6.07) is 2.97. The number of nitrogens with zero attached hydrogens (tertiary/aromatic N) is 3. The lowest BCUT2D eigenvalue weighted by Crippen LogP contribution is -2.36. The van der Waals surface area contributed by atoms with Crippen molar-refractivity contribution in [1.82, 2.24) is 18.8 Å². The van der Waals surface area contributed by atoms with Crippen LogP contribution in [-0.4, -0.2) is 51.9 Å². The minimum Gasteiger partial charge on any atom is -0.384 e. The summed E-state index contributed by atoms with van der Waals surface area (Å²) >= 11 is 1.05. The molecule has 1 saturated heterocycles. The third-order valence-electron chi connectivity index (χ3n) is 4.73. The normalized spacial score (nSPS) is 14.8. The Labute approximate surface area is 177 Å². The number of H-pyrrole nitrogens is 1. The standard InChI is InChI=1S/C18H23N5O5S2/c1-2-7-23-16(19)15(17(25)21-18(23)26)13(24)11-29-14-6-5-12(10-20-14)30(27,28)22-8-3-4-9-22/h5-6,10H,2-4,7-9,11,19H2,1H3,(H,21,25,26). The number of nitrogens with two attached hydrogens (primary N) is 1. The minimum absolute atomic E-state index is 0.104. The molecule has 1 aliphatic rings. The second kappa shape index (κ2) is 9.14. The van der Waals surface area contributed by atoms with Crippen LogP contribution in [0.5, 0.6) is 0 Å². The van der Waals surface area contributed by atoms with Gasteiger partial charge in [-0.2, -0.15) is 4.31 Å². The van der Waals surface area contributed by atoms with Gasteiger partial charge in [-0.25, -0.2) is 18.2 Å². The van der Waals surface area contributed by atoms with Gasteiger partial charge in [0.15, 0.2) is 5.78 Å². The van der Waals surface area contributed by atoms with Gasteiger partial charge in [-0.1, -0.05) is 18.7 Å². The van der Waals surface area contributed by atoms with E-state index in [1.54, 1.807) is 0 Å². The van der Waals surface area contributed by atoms with E-state index in [0.717, 1.165) is 29.2 Å². The van der Waals surface area contributed by atoms with Crippen LogP contribution in [-0.2, 0) is 16.6 Å². The van der Waals surface area contributed by atoms with Crippen LogP contribution in [0.4, 0.5) is 5.82 Å². The maximum Gasteiger partial charge on any atom is 0.329 e. The Hall–Kier alpha value is -2.44. The molecule has 10 nitrogen and oxygen atoms in total. The Balaban J connectivity index is 1.73. The molecule has 0 atom stereocenters. The summed E-state index contributed by atoms with van der Waals surface area (Å²) in [6.45, 7) is 3.13. The number of aromatic nitrogens is 3. The smallest absolute Gasteiger partial charge is 0.329 e. The second-order valence-electron chi connectivity index (χ2n) is 6.83. The lowest BCUT2D eigenvalue weighted by Gasteiger charge is -2.15. The van der Waals surface area contributed by atoms with Gasteiger partial charge in [0, 0.05) is 25.8 Å². The highest BCUT2D eigenvalue weighted by Crippen LogP contribution is 2.23. The topological polar surface area (TPSA) is 148 Å². The van der Waals surface area contributed by atoms with E-state index in [0.29, 0.717) is 24.5 Å². The molecule has 30 heavy (non-hydrogen) atoms.